The lowest BCUT2D eigenvalue weighted by molar-refractivity contribution is -0.384. The molecule has 1 aromatic rings. The van der Waals surface area contributed by atoms with E-state index in [0.717, 1.165) is 25.1 Å². The molecule has 0 amide bonds. The zero-order chi connectivity index (χ0) is 14.3. The van der Waals surface area contributed by atoms with E-state index in [9.17, 15) is 15.2 Å². The molecule has 1 saturated heterocycles. The number of nitro benzene ring substituents is 1. The van der Waals surface area contributed by atoms with Crippen LogP contribution in [0.3, 0.4) is 0 Å². The predicted molar refractivity (Wildman–Crippen MR) is 73.5 cm³/mol. The highest BCUT2D eigenvalue weighted by Gasteiger charge is 2.24. The van der Waals surface area contributed by atoms with E-state index in [4.69, 9.17) is 0 Å². The van der Waals surface area contributed by atoms with Crippen molar-refractivity contribution < 1.29 is 14.8 Å². The summed E-state index contributed by atoms with van der Waals surface area (Å²) < 4.78 is 4.25. The van der Waals surface area contributed by atoms with Crippen molar-refractivity contribution in [1.82, 2.24) is 0 Å². The summed E-state index contributed by atoms with van der Waals surface area (Å²) in [7, 11) is 3.25. The lowest BCUT2D eigenvalue weighted by Crippen LogP contribution is -2.31. The second-order valence-corrected chi connectivity index (χ2v) is 4.35. The molecule has 6 nitrogen and oxygen atoms in total. The largest absolute Gasteiger partial charge is 0.394 e. The second-order valence-electron chi connectivity index (χ2n) is 4.35. The number of anilines is 1. The number of hydrogen-bond donors (Lipinski definition) is 1. The highest BCUT2D eigenvalue weighted by Crippen LogP contribution is 2.26. The van der Waals surface area contributed by atoms with Crippen molar-refractivity contribution in [1.29, 1.82) is 0 Å². The molecule has 1 N–H and O–H groups in total. The summed E-state index contributed by atoms with van der Waals surface area (Å²) in [6.07, 6.45) is 2.04. The summed E-state index contributed by atoms with van der Waals surface area (Å²) >= 11 is 0. The molecule has 106 valence electrons. The summed E-state index contributed by atoms with van der Waals surface area (Å²) in [5.41, 5.74) is 1.05. The fourth-order valence-electron chi connectivity index (χ4n) is 2.13. The molecule has 1 fully saturated rings. The first-order valence-electron chi connectivity index (χ1n) is 6.16. The number of rotatable bonds is 3. The van der Waals surface area contributed by atoms with Gasteiger partial charge < -0.3 is 14.7 Å². The monoisotopic (exact) mass is 268 g/mol. The third kappa shape index (κ3) is 4.18. The van der Waals surface area contributed by atoms with E-state index in [0.29, 0.717) is 0 Å². The van der Waals surface area contributed by atoms with E-state index in [2.05, 4.69) is 9.64 Å². The van der Waals surface area contributed by atoms with Crippen LogP contribution in [0.15, 0.2) is 24.3 Å². The maximum Gasteiger partial charge on any atom is 0.269 e. The first-order chi connectivity index (χ1) is 9.13. The number of benzene rings is 1. The smallest absolute Gasteiger partial charge is 0.269 e. The van der Waals surface area contributed by atoms with Crippen LogP contribution in [-0.4, -0.2) is 43.4 Å². The predicted octanol–water partition coefficient (Wildman–Crippen LogP) is 1.82. The molecule has 0 radical (unpaired) electrons. The van der Waals surface area contributed by atoms with Crippen molar-refractivity contribution in [2.24, 2.45) is 0 Å². The van der Waals surface area contributed by atoms with Gasteiger partial charge >= 0.3 is 0 Å². The van der Waals surface area contributed by atoms with E-state index in [1.54, 1.807) is 26.4 Å². The second kappa shape index (κ2) is 7.70. The van der Waals surface area contributed by atoms with Crippen molar-refractivity contribution >= 4 is 11.4 Å². The van der Waals surface area contributed by atoms with Crippen LogP contribution in [0.2, 0.25) is 0 Å². The van der Waals surface area contributed by atoms with Crippen LogP contribution in [0.4, 0.5) is 11.4 Å². The van der Waals surface area contributed by atoms with Crippen LogP contribution >= 0.6 is 0 Å². The molecular weight excluding hydrogens is 248 g/mol. The Bertz CT molecular complexity index is 394. The minimum atomic E-state index is -0.405. The summed E-state index contributed by atoms with van der Waals surface area (Å²) in [6.45, 7) is 1.04. The molecule has 2 rings (SSSR count). The SMILES string of the molecule is COC.O=[N+]([O-])c1ccc(N2CCC[C@H]2CO)cc1. The zero-order valence-corrected chi connectivity index (χ0v) is 11.3. The van der Waals surface area contributed by atoms with Gasteiger partial charge in [0.2, 0.25) is 0 Å². The Morgan fingerprint density at radius 3 is 2.47 bits per heavy atom. The molecule has 1 aliphatic rings. The molecule has 0 bridgehead atoms. The van der Waals surface area contributed by atoms with E-state index in [1.807, 2.05) is 0 Å². The summed E-state index contributed by atoms with van der Waals surface area (Å²) in [5, 5.41) is 19.7. The first kappa shape index (κ1) is 15.4. The molecule has 1 atom stereocenters. The molecule has 6 heteroatoms. The van der Waals surface area contributed by atoms with Gasteiger partial charge in [-0.05, 0) is 25.0 Å². The van der Waals surface area contributed by atoms with Gasteiger partial charge in [0.25, 0.3) is 5.69 Å². The summed E-state index contributed by atoms with van der Waals surface area (Å²) in [5.74, 6) is 0. The minimum absolute atomic E-state index is 0.100. The average Bonchev–Trinajstić information content (AvgIpc) is 2.88. The summed E-state index contributed by atoms with van der Waals surface area (Å²) in [4.78, 5) is 12.2. The van der Waals surface area contributed by atoms with Crippen LogP contribution < -0.4 is 4.90 Å². The molecule has 1 heterocycles. The van der Waals surface area contributed by atoms with Crippen molar-refractivity contribution in [3.8, 4) is 0 Å². The molecule has 1 aliphatic heterocycles. The molecular formula is C13H20N2O4. The zero-order valence-electron chi connectivity index (χ0n) is 11.3. The van der Waals surface area contributed by atoms with Gasteiger partial charge in [0.05, 0.1) is 17.6 Å². The minimum Gasteiger partial charge on any atom is -0.394 e. The van der Waals surface area contributed by atoms with E-state index >= 15 is 0 Å². The van der Waals surface area contributed by atoms with Crippen LogP contribution in [0, 0.1) is 10.1 Å². The number of aliphatic hydroxyl groups is 1. The molecule has 0 aliphatic carbocycles. The third-order valence-electron chi connectivity index (χ3n) is 2.98. The summed E-state index contributed by atoms with van der Waals surface area (Å²) in [6, 6.07) is 6.64. The third-order valence-corrected chi connectivity index (χ3v) is 2.98. The number of ether oxygens (including phenoxy) is 1. The van der Waals surface area contributed by atoms with E-state index in [1.165, 1.54) is 12.1 Å². The quantitative estimate of drug-likeness (QED) is 0.668. The Morgan fingerprint density at radius 2 is 2.00 bits per heavy atom. The molecule has 1 aromatic carbocycles. The van der Waals surface area contributed by atoms with Gasteiger partial charge in [-0.15, -0.1) is 0 Å². The number of hydrogen-bond acceptors (Lipinski definition) is 5. The van der Waals surface area contributed by atoms with Gasteiger partial charge in [-0.25, -0.2) is 0 Å². The standard InChI is InChI=1S/C11H14N2O3.C2H6O/c14-8-11-2-1-7-12(11)9-3-5-10(6-4-9)13(15)16;1-3-2/h3-6,11,14H,1-2,7-8H2;1-2H3/t11-;/m0./s1. The van der Waals surface area contributed by atoms with Gasteiger partial charge in [0.1, 0.15) is 0 Å². The Kier molecular flexibility index (Phi) is 6.24. The number of aliphatic hydroxyl groups excluding tert-OH is 1. The van der Waals surface area contributed by atoms with Crippen LogP contribution in [-0.2, 0) is 4.74 Å². The number of nitro groups is 1. The average molecular weight is 268 g/mol. The van der Waals surface area contributed by atoms with Gasteiger partial charge in [-0.3, -0.25) is 10.1 Å². The topological polar surface area (TPSA) is 75.8 Å². The van der Waals surface area contributed by atoms with E-state index in [-0.39, 0.29) is 18.3 Å². The van der Waals surface area contributed by atoms with Crippen LogP contribution in [0.1, 0.15) is 12.8 Å². The Morgan fingerprint density at radius 1 is 1.42 bits per heavy atom. The fraction of sp³-hybridized carbons (Fsp3) is 0.538. The van der Waals surface area contributed by atoms with Crippen molar-refractivity contribution in [3.63, 3.8) is 0 Å². The van der Waals surface area contributed by atoms with Crippen molar-refractivity contribution in [3.05, 3.63) is 34.4 Å². The first-order valence-corrected chi connectivity index (χ1v) is 6.16. The molecule has 0 saturated carbocycles. The molecule has 19 heavy (non-hydrogen) atoms. The lowest BCUT2D eigenvalue weighted by atomic mass is 10.2. The van der Waals surface area contributed by atoms with Crippen molar-refractivity contribution in [2.45, 2.75) is 18.9 Å². The highest BCUT2D eigenvalue weighted by atomic mass is 16.6. The number of non-ortho nitro benzene ring substituents is 1. The van der Waals surface area contributed by atoms with Gasteiger partial charge in [-0.1, -0.05) is 0 Å². The lowest BCUT2D eigenvalue weighted by Gasteiger charge is -2.24. The highest BCUT2D eigenvalue weighted by molar-refractivity contribution is 5.52. The van der Waals surface area contributed by atoms with Crippen molar-refractivity contribution in [2.75, 3.05) is 32.3 Å². The Balaban J connectivity index is 0.000000550. The number of methoxy groups -OCH3 is 1. The number of nitrogens with zero attached hydrogens (tertiary/aromatic N) is 2. The van der Waals surface area contributed by atoms with Crippen LogP contribution in [0.25, 0.3) is 0 Å². The van der Waals surface area contributed by atoms with E-state index < -0.39 is 4.92 Å². The normalized spacial score (nSPS) is 17.8. The Labute approximate surface area is 112 Å². The fourth-order valence-corrected chi connectivity index (χ4v) is 2.13. The molecule has 0 unspecified atom stereocenters. The van der Waals surface area contributed by atoms with Crippen LogP contribution in [0.5, 0.6) is 0 Å². The molecule has 0 spiro atoms. The molecule has 0 aromatic heterocycles. The van der Waals surface area contributed by atoms with Gasteiger partial charge in [0, 0.05) is 38.6 Å². The maximum absolute atomic E-state index is 10.5. The van der Waals surface area contributed by atoms with Gasteiger partial charge in [-0.2, -0.15) is 0 Å². The Hall–Kier alpha value is -1.66. The van der Waals surface area contributed by atoms with Gasteiger partial charge in [0.15, 0.2) is 0 Å². The maximum atomic E-state index is 10.5.